The molecule has 1 aromatic carbocycles. The largest absolute Gasteiger partial charge is 0.398 e. The minimum atomic E-state index is -0.389. The van der Waals surface area contributed by atoms with Crippen molar-refractivity contribution in [3.8, 4) is 0 Å². The van der Waals surface area contributed by atoms with Crippen LogP contribution in [0, 0.1) is 5.82 Å². The first kappa shape index (κ1) is 11.5. The lowest BCUT2D eigenvalue weighted by Gasteiger charge is -2.08. The Labute approximate surface area is 107 Å². The standard InChI is InChI=1S/C13H11FN4O/c14-10-2-1-9(11(15)7-10)8-17-5-6-18-12(13(17)19)3-4-16-18/h1-7H,8,15H2. The topological polar surface area (TPSA) is 65.3 Å². The Bertz CT molecular complexity index is 806. The Morgan fingerprint density at radius 1 is 1.26 bits per heavy atom. The van der Waals surface area contributed by atoms with Crippen molar-refractivity contribution in [1.29, 1.82) is 0 Å². The van der Waals surface area contributed by atoms with Crippen molar-refractivity contribution >= 4 is 11.2 Å². The monoisotopic (exact) mass is 258 g/mol. The first-order chi connectivity index (χ1) is 9.15. The smallest absolute Gasteiger partial charge is 0.276 e. The van der Waals surface area contributed by atoms with E-state index in [1.807, 2.05) is 0 Å². The predicted octanol–water partition coefficient (Wildman–Crippen LogP) is 1.27. The van der Waals surface area contributed by atoms with Crippen LogP contribution in [0.5, 0.6) is 0 Å². The van der Waals surface area contributed by atoms with Gasteiger partial charge >= 0.3 is 0 Å². The second-order valence-corrected chi connectivity index (χ2v) is 4.24. The Balaban J connectivity index is 2.05. The SMILES string of the molecule is Nc1cc(F)ccc1Cn1ccn2nccc2c1=O. The van der Waals surface area contributed by atoms with E-state index in [0.29, 0.717) is 23.3 Å². The van der Waals surface area contributed by atoms with Gasteiger partial charge in [0.1, 0.15) is 11.3 Å². The molecule has 0 amide bonds. The van der Waals surface area contributed by atoms with Crippen LogP contribution < -0.4 is 11.3 Å². The van der Waals surface area contributed by atoms with Gasteiger partial charge in [-0.1, -0.05) is 6.07 Å². The summed E-state index contributed by atoms with van der Waals surface area (Å²) in [6.07, 6.45) is 4.88. The minimum Gasteiger partial charge on any atom is -0.398 e. The zero-order valence-corrected chi connectivity index (χ0v) is 9.95. The number of benzene rings is 1. The van der Waals surface area contributed by atoms with Crippen LogP contribution >= 0.6 is 0 Å². The van der Waals surface area contributed by atoms with E-state index in [0.717, 1.165) is 0 Å². The van der Waals surface area contributed by atoms with Crippen molar-refractivity contribution in [1.82, 2.24) is 14.2 Å². The molecule has 0 fully saturated rings. The van der Waals surface area contributed by atoms with E-state index < -0.39 is 0 Å². The second kappa shape index (κ2) is 4.24. The van der Waals surface area contributed by atoms with E-state index in [4.69, 9.17) is 5.73 Å². The van der Waals surface area contributed by atoms with Crippen LogP contribution in [0.2, 0.25) is 0 Å². The van der Waals surface area contributed by atoms with E-state index in [2.05, 4.69) is 5.10 Å². The zero-order chi connectivity index (χ0) is 13.4. The minimum absolute atomic E-state index is 0.163. The Kier molecular flexibility index (Phi) is 2.56. The molecule has 0 saturated carbocycles. The molecular formula is C13H11FN4O. The molecule has 3 rings (SSSR count). The average Bonchev–Trinajstić information content (AvgIpc) is 2.85. The fourth-order valence-corrected chi connectivity index (χ4v) is 1.98. The van der Waals surface area contributed by atoms with E-state index in [-0.39, 0.29) is 11.4 Å². The van der Waals surface area contributed by atoms with Crippen molar-refractivity contribution in [3.63, 3.8) is 0 Å². The summed E-state index contributed by atoms with van der Waals surface area (Å²) in [5.41, 5.74) is 7.10. The van der Waals surface area contributed by atoms with Crippen molar-refractivity contribution in [2.75, 3.05) is 5.73 Å². The van der Waals surface area contributed by atoms with Crippen LogP contribution in [0.15, 0.2) is 47.7 Å². The molecule has 0 spiro atoms. The van der Waals surface area contributed by atoms with Gasteiger partial charge in [0, 0.05) is 18.1 Å². The van der Waals surface area contributed by atoms with Gasteiger partial charge < -0.3 is 10.3 Å². The third-order valence-corrected chi connectivity index (χ3v) is 2.99. The molecule has 96 valence electrons. The molecule has 0 radical (unpaired) electrons. The number of nitrogen functional groups attached to an aromatic ring is 1. The summed E-state index contributed by atoms with van der Waals surface area (Å²) in [6.45, 7) is 0.298. The second-order valence-electron chi connectivity index (χ2n) is 4.24. The highest BCUT2D eigenvalue weighted by Crippen LogP contribution is 2.14. The Morgan fingerprint density at radius 3 is 2.89 bits per heavy atom. The number of hydrogen-bond acceptors (Lipinski definition) is 3. The van der Waals surface area contributed by atoms with E-state index in [1.165, 1.54) is 21.2 Å². The van der Waals surface area contributed by atoms with Gasteiger partial charge in [-0.3, -0.25) is 4.79 Å². The maximum atomic E-state index is 13.0. The Hall–Kier alpha value is -2.63. The maximum Gasteiger partial charge on any atom is 0.276 e. The molecule has 6 heteroatoms. The maximum absolute atomic E-state index is 13.0. The number of rotatable bonds is 2. The molecule has 19 heavy (non-hydrogen) atoms. The Morgan fingerprint density at radius 2 is 2.11 bits per heavy atom. The zero-order valence-electron chi connectivity index (χ0n) is 9.95. The van der Waals surface area contributed by atoms with Crippen molar-refractivity contribution in [3.05, 3.63) is 64.6 Å². The highest BCUT2D eigenvalue weighted by molar-refractivity contribution is 5.47. The molecule has 3 aromatic rings. The van der Waals surface area contributed by atoms with E-state index in [1.54, 1.807) is 30.7 Å². The molecule has 0 unspecified atom stereocenters. The van der Waals surface area contributed by atoms with Gasteiger partial charge in [-0.25, -0.2) is 8.91 Å². The quantitative estimate of drug-likeness (QED) is 0.704. The molecule has 0 aliphatic heterocycles. The number of nitrogens with zero attached hydrogens (tertiary/aromatic N) is 3. The third kappa shape index (κ3) is 1.97. The van der Waals surface area contributed by atoms with Crippen LogP contribution in [-0.2, 0) is 6.54 Å². The molecule has 0 aliphatic rings. The van der Waals surface area contributed by atoms with Crippen LogP contribution in [0.3, 0.4) is 0 Å². The highest BCUT2D eigenvalue weighted by atomic mass is 19.1. The molecule has 0 aliphatic carbocycles. The summed E-state index contributed by atoms with van der Waals surface area (Å²) in [4.78, 5) is 12.2. The third-order valence-electron chi connectivity index (χ3n) is 2.99. The average molecular weight is 258 g/mol. The molecule has 0 bridgehead atoms. The molecule has 2 aromatic heterocycles. The fraction of sp³-hybridized carbons (Fsp3) is 0.0769. The van der Waals surface area contributed by atoms with Crippen molar-refractivity contribution < 1.29 is 4.39 Å². The summed E-state index contributed by atoms with van der Waals surface area (Å²) >= 11 is 0. The van der Waals surface area contributed by atoms with Crippen LogP contribution in [0.1, 0.15) is 5.56 Å². The summed E-state index contributed by atoms with van der Waals surface area (Å²) in [7, 11) is 0. The van der Waals surface area contributed by atoms with Gasteiger partial charge in [0.2, 0.25) is 0 Å². The van der Waals surface area contributed by atoms with Gasteiger partial charge in [-0.2, -0.15) is 5.10 Å². The molecule has 2 N–H and O–H groups in total. The normalized spacial score (nSPS) is 11.0. The molecule has 0 atom stereocenters. The molecule has 5 nitrogen and oxygen atoms in total. The highest BCUT2D eigenvalue weighted by Gasteiger charge is 2.06. The van der Waals surface area contributed by atoms with Crippen LogP contribution in [0.25, 0.3) is 5.52 Å². The number of halogens is 1. The van der Waals surface area contributed by atoms with Gasteiger partial charge in [0.15, 0.2) is 0 Å². The first-order valence-electron chi connectivity index (χ1n) is 5.72. The lowest BCUT2D eigenvalue weighted by molar-refractivity contribution is 0.627. The van der Waals surface area contributed by atoms with Crippen LogP contribution in [-0.4, -0.2) is 14.2 Å². The first-order valence-corrected chi connectivity index (χ1v) is 5.72. The lowest BCUT2D eigenvalue weighted by atomic mass is 10.2. The molecule has 0 saturated heterocycles. The number of anilines is 1. The van der Waals surface area contributed by atoms with Gasteiger partial charge in [-0.05, 0) is 23.8 Å². The van der Waals surface area contributed by atoms with Crippen molar-refractivity contribution in [2.45, 2.75) is 6.54 Å². The number of hydrogen-bond donors (Lipinski definition) is 1. The fourth-order valence-electron chi connectivity index (χ4n) is 1.98. The number of nitrogens with two attached hydrogens (primary N) is 1. The summed E-state index contributed by atoms with van der Waals surface area (Å²) in [6, 6.07) is 5.80. The summed E-state index contributed by atoms with van der Waals surface area (Å²) in [5, 5.41) is 3.99. The summed E-state index contributed by atoms with van der Waals surface area (Å²) < 4.78 is 16.0. The lowest BCUT2D eigenvalue weighted by Crippen LogP contribution is -2.22. The van der Waals surface area contributed by atoms with Gasteiger partial charge in [0.25, 0.3) is 5.56 Å². The number of aromatic nitrogens is 3. The van der Waals surface area contributed by atoms with E-state index in [9.17, 15) is 9.18 Å². The van der Waals surface area contributed by atoms with Gasteiger partial charge in [-0.15, -0.1) is 0 Å². The predicted molar refractivity (Wildman–Crippen MR) is 69.4 cm³/mol. The number of fused-ring (bicyclic) bond motifs is 1. The van der Waals surface area contributed by atoms with Crippen molar-refractivity contribution in [2.24, 2.45) is 0 Å². The van der Waals surface area contributed by atoms with Gasteiger partial charge in [0.05, 0.1) is 12.7 Å². The molecular weight excluding hydrogens is 247 g/mol. The summed E-state index contributed by atoms with van der Waals surface area (Å²) in [5.74, 6) is -0.389. The molecule has 2 heterocycles. The van der Waals surface area contributed by atoms with E-state index >= 15 is 0 Å². The van der Waals surface area contributed by atoms with Crippen LogP contribution in [0.4, 0.5) is 10.1 Å².